The lowest BCUT2D eigenvalue weighted by Gasteiger charge is -1.95. The summed E-state index contributed by atoms with van der Waals surface area (Å²) in [5.74, 6) is 0. The van der Waals surface area contributed by atoms with E-state index in [1.807, 2.05) is 19.9 Å². The number of hydrogen-bond acceptors (Lipinski definition) is 1. The molecule has 1 rings (SSSR count). The first-order chi connectivity index (χ1) is 6.15. The Labute approximate surface area is 79.1 Å². The molecule has 0 heterocycles. The molecular formula is C12H15N. The Bertz CT molecular complexity index is 427. The van der Waals surface area contributed by atoms with Crippen molar-refractivity contribution >= 4 is 18.5 Å². The number of hydrogen-bond donors (Lipinski definition) is 0. The molecule has 0 aliphatic carbocycles. The van der Waals surface area contributed by atoms with Gasteiger partial charge in [0.25, 0.3) is 0 Å². The predicted octanol–water partition coefficient (Wildman–Crippen LogP) is 1.62. The van der Waals surface area contributed by atoms with E-state index in [9.17, 15) is 0 Å². The van der Waals surface area contributed by atoms with E-state index in [4.69, 9.17) is 0 Å². The van der Waals surface area contributed by atoms with Crippen molar-refractivity contribution in [2.75, 3.05) is 0 Å². The van der Waals surface area contributed by atoms with Crippen LogP contribution in [0.15, 0.2) is 23.2 Å². The molecule has 0 amide bonds. The van der Waals surface area contributed by atoms with Crippen molar-refractivity contribution in [1.82, 2.24) is 0 Å². The van der Waals surface area contributed by atoms with Gasteiger partial charge in [-0.3, -0.25) is 4.99 Å². The van der Waals surface area contributed by atoms with Crippen molar-refractivity contribution in [3.63, 3.8) is 0 Å². The van der Waals surface area contributed by atoms with Crippen LogP contribution in [-0.2, 0) is 0 Å². The van der Waals surface area contributed by atoms with Gasteiger partial charge in [0.1, 0.15) is 0 Å². The highest BCUT2D eigenvalue weighted by molar-refractivity contribution is 5.62. The summed E-state index contributed by atoms with van der Waals surface area (Å²) < 4.78 is 0. The molecule has 0 aliphatic heterocycles. The second kappa shape index (κ2) is 4.04. The third-order valence-electron chi connectivity index (χ3n) is 1.98. The Kier molecular flexibility index (Phi) is 3.02. The van der Waals surface area contributed by atoms with Crippen LogP contribution in [0.3, 0.4) is 0 Å². The van der Waals surface area contributed by atoms with Gasteiger partial charge in [-0.1, -0.05) is 24.3 Å². The molecule has 1 aromatic rings. The summed E-state index contributed by atoms with van der Waals surface area (Å²) in [6.45, 7) is 9.97. The molecule has 13 heavy (non-hydrogen) atoms. The molecule has 0 unspecified atom stereocenters. The van der Waals surface area contributed by atoms with Crippen LogP contribution in [0.4, 0.5) is 0 Å². The van der Waals surface area contributed by atoms with Crippen molar-refractivity contribution in [1.29, 1.82) is 0 Å². The summed E-state index contributed by atoms with van der Waals surface area (Å²) >= 11 is 0. The largest absolute Gasteiger partial charge is 0.266 e. The summed E-state index contributed by atoms with van der Waals surface area (Å²) in [6, 6.07) is 6.21. The highest BCUT2D eigenvalue weighted by Gasteiger charge is 1.89. The zero-order valence-electron chi connectivity index (χ0n) is 8.46. The van der Waals surface area contributed by atoms with Gasteiger partial charge < -0.3 is 0 Å². The second-order valence-corrected chi connectivity index (χ2v) is 3.13. The fourth-order valence-electron chi connectivity index (χ4n) is 1.29. The van der Waals surface area contributed by atoms with E-state index < -0.39 is 0 Å². The lowest BCUT2D eigenvalue weighted by Crippen LogP contribution is -2.24. The Balaban J connectivity index is 3.52. The van der Waals surface area contributed by atoms with E-state index in [1.165, 1.54) is 5.56 Å². The second-order valence-electron chi connectivity index (χ2n) is 3.13. The summed E-state index contributed by atoms with van der Waals surface area (Å²) in [7, 11) is 0. The minimum absolute atomic E-state index is 1.02. The minimum Gasteiger partial charge on any atom is -0.266 e. The van der Waals surface area contributed by atoms with E-state index in [0.29, 0.717) is 0 Å². The van der Waals surface area contributed by atoms with Crippen molar-refractivity contribution < 1.29 is 0 Å². The van der Waals surface area contributed by atoms with Gasteiger partial charge in [-0.05, 0) is 32.1 Å². The van der Waals surface area contributed by atoms with E-state index in [1.54, 1.807) is 6.21 Å². The maximum atomic E-state index is 4.25. The summed E-state index contributed by atoms with van der Waals surface area (Å²) in [5.41, 5.74) is 2.27. The van der Waals surface area contributed by atoms with Crippen molar-refractivity contribution in [2.24, 2.45) is 4.99 Å². The van der Waals surface area contributed by atoms with Crippen LogP contribution in [0, 0.1) is 6.92 Å². The maximum absolute atomic E-state index is 4.25. The van der Waals surface area contributed by atoms with Crippen molar-refractivity contribution in [2.45, 2.75) is 20.8 Å². The molecule has 1 nitrogen and oxygen atoms in total. The third-order valence-corrected chi connectivity index (χ3v) is 1.98. The first-order valence-electron chi connectivity index (χ1n) is 4.40. The first kappa shape index (κ1) is 9.72. The fraction of sp³-hybridized carbons (Fsp3) is 0.250. The molecule has 68 valence electrons. The smallest absolute Gasteiger partial charge is 0.0446 e. The molecular weight excluding hydrogens is 158 g/mol. The zero-order valence-corrected chi connectivity index (χ0v) is 8.46. The number of benzene rings is 1. The van der Waals surface area contributed by atoms with Crippen LogP contribution in [-0.4, -0.2) is 6.21 Å². The number of rotatable bonds is 1. The average Bonchev–Trinajstić information content (AvgIpc) is 2.09. The van der Waals surface area contributed by atoms with Crippen molar-refractivity contribution in [3.8, 4) is 0 Å². The summed E-state index contributed by atoms with van der Waals surface area (Å²) in [6.07, 6.45) is 1.80. The van der Waals surface area contributed by atoms with E-state index in [-0.39, 0.29) is 0 Å². The van der Waals surface area contributed by atoms with Gasteiger partial charge in [0.15, 0.2) is 0 Å². The van der Waals surface area contributed by atoms with Gasteiger partial charge >= 0.3 is 0 Å². The Morgan fingerprint density at radius 3 is 2.77 bits per heavy atom. The number of nitrogens with zero attached hydrogens (tertiary/aromatic N) is 1. The molecule has 1 aromatic carbocycles. The molecule has 0 saturated heterocycles. The van der Waals surface area contributed by atoms with Gasteiger partial charge in [-0.2, -0.15) is 0 Å². The first-order valence-corrected chi connectivity index (χ1v) is 4.40. The summed E-state index contributed by atoms with van der Waals surface area (Å²) in [4.78, 5) is 4.25. The van der Waals surface area contributed by atoms with Crippen molar-refractivity contribution in [3.05, 3.63) is 34.2 Å². The standard InChI is InChI=1S/C12H15N/c1-5-13-11(4)12-8-9(2)6-7-10(12)3/h5-8H,3H2,1-2,4H3/b12-11-,13-5?. The average molecular weight is 173 g/mol. The monoisotopic (exact) mass is 173 g/mol. The van der Waals surface area contributed by atoms with Crippen LogP contribution in [0.1, 0.15) is 19.4 Å². The molecule has 0 fully saturated rings. The van der Waals surface area contributed by atoms with Crippen LogP contribution in [0.2, 0.25) is 0 Å². The lowest BCUT2D eigenvalue weighted by molar-refractivity contribution is 1.35. The molecule has 0 radical (unpaired) electrons. The quantitative estimate of drug-likeness (QED) is 0.572. The van der Waals surface area contributed by atoms with Crippen LogP contribution in [0.25, 0.3) is 12.3 Å². The summed E-state index contributed by atoms with van der Waals surface area (Å²) in [5, 5.41) is 2.17. The van der Waals surface area contributed by atoms with Gasteiger partial charge in [-0.15, -0.1) is 0 Å². The highest BCUT2D eigenvalue weighted by atomic mass is 14.7. The zero-order chi connectivity index (χ0) is 9.84. The van der Waals surface area contributed by atoms with Crippen LogP contribution in [0.5, 0.6) is 0 Å². The molecule has 0 aliphatic rings. The lowest BCUT2D eigenvalue weighted by atomic mass is 10.1. The maximum Gasteiger partial charge on any atom is 0.0446 e. The van der Waals surface area contributed by atoms with Gasteiger partial charge in [0.2, 0.25) is 0 Å². The molecule has 0 bridgehead atoms. The van der Waals surface area contributed by atoms with E-state index in [2.05, 4.69) is 30.6 Å². The molecule has 0 atom stereocenters. The van der Waals surface area contributed by atoms with Gasteiger partial charge in [-0.25, -0.2) is 0 Å². The Morgan fingerprint density at radius 1 is 1.46 bits per heavy atom. The normalized spacial score (nSPS) is 13.5. The fourth-order valence-corrected chi connectivity index (χ4v) is 1.29. The SMILES string of the molecule is C=c1ccc(C)c/c1=C(\C)N=CC. The molecule has 0 spiro atoms. The Hall–Kier alpha value is -1.37. The van der Waals surface area contributed by atoms with E-state index in [0.717, 1.165) is 16.1 Å². The molecule has 0 aromatic heterocycles. The topological polar surface area (TPSA) is 12.4 Å². The molecule has 0 N–H and O–H groups in total. The number of aryl methyl sites for hydroxylation is 1. The number of aliphatic imine (C=N–C) groups is 1. The van der Waals surface area contributed by atoms with Gasteiger partial charge in [0, 0.05) is 17.1 Å². The predicted molar refractivity (Wildman–Crippen MR) is 59.2 cm³/mol. The molecule has 0 saturated carbocycles. The molecule has 1 heteroatoms. The Morgan fingerprint density at radius 2 is 2.15 bits per heavy atom. The van der Waals surface area contributed by atoms with Gasteiger partial charge in [0.05, 0.1) is 0 Å². The highest BCUT2D eigenvalue weighted by Crippen LogP contribution is 1.92. The van der Waals surface area contributed by atoms with Crippen LogP contribution < -0.4 is 10.4 Å². The van der Waals surface area contributed by atoms with E-state index >= 15 is 0 Å². The van der Waals surface area contributed by atoms with Crippen LogP contribution >= 0.6 is 0 Å². The third kappa shape index (κ3) is 2.28. The minimum atomic E-state index is 1.02.